The van der Waals surface area contributed by atoms with E-state index in [0.29, 0.717) is 19.6 Å². The Balaban J connectivity index is 1.94. The Kier molecular flexibility index (Phi) is 5.58. The van der Waals surface area contributed by atoms with Crippen LogP contribution < -0.4 is 5.32 Å². The molecule has 0 saturated carbocycles. The van der Waals surface area contributed by atoms with Gasteiger partial charge in [-0.05, 0) is 37.8 Å². The van der Waals surface area contributed by atoms with Crippen LogP contribution in [0.25, 0.3) is 0 Å². The zero-order valence-corrected chi connectivity index (χ0v) is 14.0. The summed E-state index contributed by atoms with van der Waals surface area (Å²) in [7, 11) is -3.21. The van der Waals surface area contributed by atoms with E-state index < -0.39 is 10.0 Å². The summed E-state index contributed by atoms with van der Waals surface area (Å²) >= 11 is 0. The molecule has 0 spiro atoms. The van der Waals surface area contributed by atoms with E-state index in [9.17, 15) is 13.2 Å². The van der Waals surface area contributed by atoms with Gasteiger partial charge in [0.1, 0.15) is 0 Å². The maximum atomic E-state index is 12.3. The molecular weight excluding hydrogens is 300 g/mol. The number of carbonyl (C=O) groups excluding carboxylic acids is 1. The third kappa shape index (κ3) is 4.08. The lowest BCUT2D eigenvalue weighted by Gasteiger charge is -2.30. The van der Waals surface area contributed by atoms with E-state index >= 15 is 0 Å². The van der Waals surface area contributed by atoms with Crippen LogP contribution in [0.5, 0.6) is 0 Å². The Bertz CT molecular complexity index is 628. The van der Waals surface area contributed by atoms with Gasteiger partial charge in [-0.3, -0.25) is 4.79 Å². The minimum atomic E-state index is -3.21. The van der Waals surface area contributed by atoms with Gasteiger partial charge in [0.15, 0.2) is 0 Å². The van der Waals surface area contributed by atoms with E-state index in [0.717, 1.165) is 24.0 Å². The minimum Gasteiger partial charge on any atom is -0.352 e. The van der Waals surface area contributed by atoms with Crippen molar-refractivity contribution in [2.75, 3.05) is 18.8 Å². The number of benzene rings is 1. The lowest BCUT2D eigenvalue weighted by Crippen LogP contribution is -2.45. The third-order valence-corrected chi connectivity index (χ3v) is 6.08. The van der Waals surface area contributed by atoms with Crippen molar-refractivity contribution in [2.45, 2.75) is 33.2 Å². The van der Waals surface area contributed by atoms with Gasteiger partial charge >= 0.3 is 0 Å². The Morgan fingerprint density at radius 1 is 1.36 bits per heavy atom. The summed E-state index contributed by atoms with van der Waals surface area (Å²) in [4.78, 5) is 12.3. The van der Waals surface area contributed by atoms with Crippen LogP contribution in [0.3, 0.4) is 0 Å². The molecule has 22 heavy (non-hydrogen) atoms. The second kappa shape index (κ2) is 7.24. The summed E-state index contributed by atoms with van der Waals surface area (Å²) in [5.41, 5.74) is 2.23. The quantitative estimate of drug-likeness (QED) is 0.896. The SMILES string of the molecule is CCS(=O)(=O)N1CCC[C@H](C(=O)NCc2ccccc2C)C1. The molecule has 1 fully saturated rings. The standard InChI is InChI=1S/C16H24N2O3S/c1-3-22(20,21)18-10-6-9-15(12-18)16(19)17-11-14-8-5-4-7-13(14)2/h4-5,7-8,15H,3,6,9-12H2,1-2H3,(H,17,19)/t15-/m0/s1. The lowest BCUT2D eigenvalue weighted by molar-refractivity contribution is -0.126. The molecule has 1 aromatic rings. The third-order valence-electron chi connectivity index (χ3n) is 4.23. The number of aryl methyl sites for hydroxylation is 1. The van der Waals surface area contributed by atoms with Crippen molar-refractivity contribution in [1.29, 1.82) is 0 Å². The molecule has 0 radical (unpaired) electrons. The number of piperidine rings is 1. The van der Waals surface area contributed by atoms with Gasteiger partial charge in [-0.1, -0.05) is 24.3 Å². The molecular formula is C16H24N2O3S. The summed E-state index contributed by atoms with van der Waals surface area (Å²) in [6, 6.07) is 7.92. The molecule has 1 aliphatic rings. The largest absolute Gasteiger partial charge is 0.352 e. The van der Waals surface area contributed by atoms with E-state index in [1.165, 1.54) is 4.31 Å². The first-order chi connectivity index (χ1) is 10.4. The average Bonchev–Trinajstić information content (AvgIpc) is 2.54. The predicted octanol–water partition coefficient (Wildman–Crippen LogP) is 1.67. The first-order valence-electron chi connectivity index (χ1n) is 7.74. The maximum Gasteiger partial charge on any atom is 0.224 e. The molecule has 0 unspecified atom stereocenters. The molecule has 1 amide bonds. The first kappa shape index (κ1) is 17.0. The van der Waals surface area contributed by atoms with Crippen LogP contribution in [-0.2, 0) is 21.4 Å². The van der Waals surface area contributed by atoms with E-state index in [1.807, 2.05) is 31.2 Å². The molecule has 122 valence electrons. The van der Waals surface area contributed by atoms with E-state index in [4.69, 9.17) is 0 Å². The van der Waals surface area contributed by atoms with Crippen molar-refractivity contribution in [3.63, 3.8) is 0 Å². The molecule has 5 nitrogen and oxygen atoms in total. The van der Waals surface area contributed by atoms with Gasteiger partial charge in [-0.25, -0.2) is 12.7 Å². The van der Waals surface area contributed by atoms with Gasteiger partial charge in [0.25, 0.3) is 0 Å². The number of amides is 1. The molecule has 1 aliphatic heterocycles. The van der Waals surface area contributed by atoms with E-state index in [2.05, 4.69) is 5.32 Å². The molecule has 0 aromatic heterocycles. The zero-order chi connectivity index (χ0) is 16.2. The van der Waals surface area contributed by atoms with Crippen molar-refractivity contribution in [3.05, 3.63) is 35.4 Å². The summed E-state index contributed by atoms with van der Waals surface area (Å²) in [6.07, 6.45) is 1.48. The van der Waals surface area contributed by atoms with Crippen LogP contribution in [-0.4, -0.2) is 37.5 Å². The van der Waals surface area contributed by atoms with Crippen molar-refractivity contribution >= 4 is 15.9 Å². The maximum absolute atomic E-state index is 12.3. The number of sulfonamides is 1. The number of hydrogen-bond donors (Lipinski definition) is 1. The predicted molar refractivity (Wildman–Crippen MR) is 86.8 cm³/mol. The fourth-order valence-electron chi connectivity index (χ4n) is 2.73. The van der Waals surface area contributed by atoms with Crippen LogP contribution >= 0.6 is 0 Å². The Morgan fingerprint density at radius 2 is 2.09 bits per heavy atom. The molecule has 1 atom stereocenters. The number of rotatable bonds is 5. The van der Waals surface area contributed by atoms with Gasteiger partial charge in [0, 0.05) is 19.6 Å². The molecule has 1 aromatic carbocycles. The number of carbonyl (C=O) groups is 1. The number of hydrogen-bond acceptors (Lipinski definition) is 3. The van der Waals surface area contributed by atoms with Gasteiger partial charge in [0.2, 0.25) is 15.9 Å². The van der Waals surface area contributed by atoms with Crippen LogP contribution in [0.2, 0.25) is 0 Å². The van der Waals surface area contributed by atoms with E-state index in [1.54, 1.807) is 6.92 Å². The van der Waals surface area contributed by atoms with Crippen molar-refractivity contribution in [3.8, 4) is 0 Å². The normalized spacial score (nSPS) is 19.8. The summed E-state index contributed by atoms with van der Waals surface area (Å²) in [5.74, 6) is -0.219. The zero-order valence-electron chi connectivity index (χ0n) is 13.2. The Labute approximate surface area is 132 Å². The van der Waals surface area contributed by atoms with E-state index in [-0.39, 0.29) is 17.6 Å². The topological polar surface area (TPSA) is 66.5 Å². The van der Waals surface area contributed by atoms with Crippen LogP contribution in [0.1, 0.15) is 30.9 Å². The highest BCUT2D eigenvalue weighted by atomic mass is 32.2. The summed E-state index contributed by atoms with van der Waals surface area (Å²) in [5, 5.41) is 2.94. The Hall–Kier alpha value is -1.40. The number of nitrogens with zero attached hydrogens (tertiary/aromatic N) is 1. The molecule has 2 rings (SSSR count). The fourth-order valence-corrected chi connectivity index (χ4v) is 3.91. The highest BCUT2D eigenvalue weighted by Crippen LogP contribution is 2.20. The molecule has 1 N–H and O–H groups in total. The molecule has 0 aliphatic carbocycles. The highest BCUT2D eigenvalue weighted by molar-refractivity contribution is 7.89. The highest BCUT2D eigenvalue weighted by Gasteiger charge is 2.31. The minimum absolute atomic E-state index is 0.0562. The molecule has 0 bridgehead atoms. The summed E-state index contributed by atoms with van der Waals surface area (Å²) < 4.78 is 25.3. The van der Waals surface area contributed by atoms with Gasteiger partial charge < -0.3 is 5.32 Å². The van der Waals surface area contributed by atoms with Crippen LogP contribution in [0.15, 0.2) is 24.3 Å². The fraction of sp³-hybridized carbons (Fsp3) is 0.562. The van der Waals surface area contributed by atoms with Crippen LogP contribution in [0, 0.1) is 12.8 Å². The van der Waals surface area contributed by atoms with Crippen molar-refractivity contribution < 1.29 is 13.2 Å². The second-order valence-corrected chi connectivity index (χ2v) is 8.00. The smallest absolute Gasteiger partial charge is 0.224 e. The van der Waals surface area contributed by atoms with Gasteiger partial charge in [0.05, 0.1) is 11.7 Å². The second-order valence-electron chi connectivity index (χ2n) is 5.74. The molecule has 1 heterocycles. The molecule has 6 heteroatoms. The van der Waals surface area contributed by atoms with Gasteiger partial charge in [-0.2, -0.15) is 0 Å². The first-order valence-corrected chi connectivity index (χ1v) is 9.35. The lowest BCUT2D eigenvalue weighted by atomic mass is 9.98. The monoisotopic (exact) mass is 324 g/mol. The molecule has 1 saturated heterocycles. The van der Waals surface area contributed by atoms with Crippen molar-refractivity contribution in [2.24, 2.45) is 5.92 Å². The number of nitrogens with one attached hydrogen (secondary N) is 1. The van der Waals surface area contributed by atoms with Crippen LogP contribution in [0.4, 0.5) is 0 Å². The average molecular weight is 324 g/mol. The Morgan fingerprint density at radius 3 is 2.77 bits per heavy atom. The van der Waals surface area contributed by atoms with Gasteiger partial charge in [-0.15, -0.1) is 0 Å². The summed E-state index contributed by atoms with van der Waals surface area (Å²) in [6.45, 7) is 4.96. The van der Waals surface area contributed by atoms with Crippen molar-refractivity contribution in [1.82, 2.24) is 9.62 Å².